The highest BCUT2D eigenvalue weighted by Gasteiger charge is 2.09. The monoisotopic (exact) mass is 335 g/mol. The van der Waals surface area contributed by atoms with Gasteiger partial charge in [-0.05, 0) is 44.0 Å². The summed E-state index contributed by atoms with van der Waals surface area (Å²) in [6.45, 7) is 1.81. The van der Waals surface area contributed by atoms with Crippen molar-refractivity contribution in [3.63, 3.8) is 0 Å². The number of amides is 1. The third-order valence-electron chi connectivity index (χ3n) is 1.84. The maximum atomic E-state index is 11.3. The first-order valence-corrected chi connectivity index (χ1v) is 6.00. The molecule has 1 aromatic carbocycles. The number of hydrogen-bond donors (Lipinski definition) is 1. The van der Waals surface area contributed by atoms with Gasteiger partial charge in [-0.1, -0.05) is 6.92 Å². The summed E-state index contributed by atoms with van der Waals surface area (Å²) in [6, 6.07) is 3.60. The van der Waals surface area contributed by atoms with E-state index in [1.54, 1.807) is 26.2 Å². The maximum Gasteiger partial charge on any atom is 0.224 e. The van der Waals surface area contributed by atoms with Crippen molar-refractivity contribution in [1.82, 2.24) is 0 Å². The number of nitrogens with one attached hydrogen (secondary N) is 1. The number of carbonyl (C=O) groups is 1. The smallest absolute Gasteiger partial charge is 0.224 e. The lowest BCUT2D eigenvalue weighted by Gasteiger charge is -2.10. The Morgan fingerprint density at radius 2 is 1.93 bits per heavy atom. The van der Waals surface area contributed by atoms with Crippen molar-refractivity contribution >= 4 is 43.5 Å². The van der Waals surface area contributed by atoms with Crippen molar-refractivity contribution in [2.24, 2.45) is 0 Å². The molecule has 0 bridgehead atoms. The minimum Gasteiger partial charge on any atom is -0.497 e. The summed E-state index contributed by atoms with van der Waals surface area (Å²) >= 11 is 6.74. The quantitative estimate of drug-likeness (QED) is 0.916. The zero-order chi connectivity index (χ0) is 11.4. The molecule has 1 aromatic rings. The number of rotatable bonds is 3. The Morgan fingerprint density at radius 1 is 1.40 bits per heavy atom. The summed E-state index contributed by atoms with van der Waals surface area (Å²) in [5.74, 6) is 0.699. The topological polar surface area (TPSA) is 38.3 Å². The van der Waals surface area contributed by atoms with Crippen molar-refractivity contribution in [3.05, 3.63) is 21.1 Å². The van der Waals surface area contributed by atoms with Gasteiger partial charge in [0.25, 0.3) is 0 Å². The molecule has 5 heteroatoms. The molecule has 0 saturated carbocycles. The van der Waals surface area contributed by atoms with Crippen molar-refractivity contribution in [2.75, 3.05) is 12.4 Å². The first-order valence-electron chi connectivity index (χ1n) is 4.41. The second-order valence-corrected chi connectivity index (χ2v) is 4.58. The Bertz CT molecular complexity index is 357. The van der Waals surface area contributed by atoms with E-state index in [-0.39, 0.29) is 5.91 Å². The van der Waals surface area contributed by atoms with Crippen molar-refractivity contribution in [3.8, 4) is 5.75 Å². The second kappa shape index (κ2) is 5.51. The lowest BCUT2D eigenvalue weighted by atomic mass is 10.3. The van der Waals surface area contributed by atoms with Gasteiger partial charge in [0, 0.05) is 15.4 Å². The van der Waals surface area contributed by atoms with Gasteiger partial charge in [0.1, 0.15) is 5.75 Å². The van der Waals surface area contributed by atoms with Crippen LogP contribution in [0.1, 0.15) is 13.3 Å². The van der Waals surface area contributed by atoms with Crippen LogP contribution in [0, 0.1) is 0 Å². The Labute approximate surface area is 105 Å². The van der Waals surface area contributed by atoms with E-state index in [1.807, 2.05) is 0 Å². The minimum absolute atomic E-state index is 0.0263. The Morgan fingerprint density at radius 3 is 2.33 bits per heavy atom. The molecule has 0 saturated heterocycles. The number of methoxy groups -OCH3 is 1. The van der Waals surface area contributed by atoms with Crippen molar-refractivity contribution in [1.29, 1.82) is 0 Å². The van der Waals surface area contributed by atoms with Gasteiger partial charge in [0.15, 0.2) is 0 Å². The summed E-state index contributed by atoms with van der Waals surface area (Å²) in [4.78, 5) is 11.3. The Hall–Kier alpha value is -0.550. The van der Waals surface area contributed by atoms with E-state index < -0.39 is 0 Å². The molecule has 0 atom stereocenters. The van der Waals surface area contributed by atoms with Crippen molar-refractivity contribution < 1.29 is 9.53 Å². The van der Waals surface area contributed by atoms with E-state index in [0.717, 1.165) is 20.4 Å². The third kappa shape index (κ3) is 3.21. The molecule has 1 N–H and O–H groups in total. The molecule has 0 fully saturated rings. The fourth-order valence-corrected chi connectivity index (χ4v) is 2.36. The fraction of sp³-hybridized carbons (Fsp3) is 0.300. The van der Waals surface area contributed by atoms with Crippen LogP contribution < -0.4 is 10.1 Å². The predicted molar refractivity (Wildman–Crippen MR) is 67.3 cm³/mol. The number of anilines is 1. The summed E-state index contributed by atoms with van der Waals surface area (Å²) in [5, 5.41) is 2.79. The first kappa shape index (κ1) is 12.5. The van der Waals surface area contributed by atoms with Crippen molar-refractivity contribution in [2.45, 2.75) is 13.3 Å². The number of ether oxygens (including phenoxy) is 1. The van der Waals surface area contributed by atoms with Crippen LogP contribution in [0.15, 0.2) is 21.1 Å². The Balaban J connectivity index is 3.03. The van der Waals surface area contributed by atoms with Gasteiger partial charge in [-0.15, -0.1) is 0 Å². The van der Waals surface area contributed by atoms with Gasteiger partial charge in [-0.25, -0.2) is 0 Å². The van der Waals surface area contributed by atoms with Gasteiger partial charge in [-0.2, -0.15) is 0 Å². The zero-order valence-electron chi connectivity index (χ0n) is 8.43. The predicted octanol–water partition coefficient (Wildman–Crippen LogP) is 3.57. The number of benzene rings is 1. The largest absolute Gasteiger partial charge is 0.497 e. The molecule has 3 nitrogen and oxygen atoms in total. The second-order valence-electron chi connectivity index (χ2n) is 2.87. The molecule has 0 heterocycles. The molecule has 82 valence electrons. The van der Waals surface area contributed by atoms with Gasteiger partial charge in [0.2, 0.25) is 5.91 Å². The molecule has 0 aliphatic heterocycles. The highest BCUT2D eigenvalue weighted by molar-refractivity contribution is 9.11. The van der Waals surface area contributed by atoms with Crippen LogP contribution in [0.4, 0.5) is 5.69 Å². The fourth-order valence-electron chi connectivity index (χ4n) is 1.01. The summed E-state index contributed by atoms with van der Waals surface area (Å²) in [5.41, 5.74) is 0.725. The average molecular weight is 337 g/mol. The van der Waals surface area contributed by atoms with Crippen LogP contribution in [-0.2, 0) is 4.79 Å². The van der Waals surface area contributed by atoms with Crippen LogP contribution in [-0.4, -0.2) is 13.0 Å². The average Bonchev–Trinajstić information content (AvgIpc) is 2.22. The van der Waals surface area contributed by atoms with Crippen LogP contribution in [0.2, 0.25) is 0 Å². The van der Waals surface area contributed by atoms with Gasteiger partial charge in [-0.3, -0.25) is 4.79 Å². The van der Waals surface area contributed by atoms with Crippen LogP contribution in [0.25, 0.3) is 0 Å². The normalized spacial score (nSPS) is 9.87. The van der Waals surface area contributed by atoms with E-state index >= 15 is 0 Å². The third-order valence-corrected chi connectivity index (χ3v) is 3.09. The van der Waals surface area contributed by atoms with Crippen LogP contribution >= 0.6 is 31.9 Å². The maximum absolute atomic E-state index is 11.3. The zero-order valence-corrected chi connectivity index (χ0v) is 11.6. The molecular weight excluding hydrogens is 326 g/mol. The van der Waals surface area contributed by atoms with Crippen LogP contribution in [0.3, 0.4) is 0 Å². The highest BCUT2D eigenvalue weighted by atomic mass is 79.9. The molecule has 0 radical (unpaired) electrons. The first-order chi connectivity index (χ1) is 7.08. The number of hydrogen-bond acceptors (Lipinski definition) is 2. The van der Waals surface area contributed by atoms with Gasteiger partial charge >= 0.3 is 0 Å². The lowest BCUT2D eigenvalue weighted by molar-refractivity contribution is -0.115. The van der Waals surface area contributed by atoms with E-state index in [4.69, 9.17) is 4.74 Å². The van der Waals surface area contributed by atoms with E-state index in [2.05, 4.69) is 37.2 Å². The molecule has 15 heavy (non-hydrogen) atoms. The van der Waals surface area contributed by atoms with Gasteiger partial charge < -0.3 is 10.1 Å². The van der Waals surface area contributed by atoms with E-state index in [0.29, 0.717) is 6.42 Å². The lowest BCUT2D eigenvalue weighted by Crippen LogP contribution is -2.10. The molecule has 0 aromatic heterocycles. The molecule has 0 aliphatic carbocycles. The summed E-state index contributed by atoms with van der Waals surface area (Å²) in [7, 11) is 1.60. The summed E-state index contributed by atoms with van der Waals surface area (Å²) in [6.07, 6.45) is 0.449. The number of halogens is 2. The Kier molecular flexibility index (Phi) is 4.60. The SMILES string of the molecule is CCC(=O)Nc1c(Br)cc(OC)cc1Br. The molecule has 0 unspecified atom stereocenters. The molecule has 0 spiro atoms. The number of carbonyl (C=O) groups excluding carboxylic acids is 1. The van der Waals surface area contributed by atoms with E-state index in [1.165, 1.54) is 0 Å². The van der Waals surface area contributed by atoms with Crippen LogP contribution in [0.5, 0.6) is 5.75 Å². The molecule has 1 amide bonds. The molecule has 0 aliphatic rings. The van der Waals surface area contributed by atoms with E-state index in [9.17, 15) is 4.79 Å². The molecular formula is C10H11Br2NO2. The molecule has 1 rings (SSSR count). The minimum atomic E-state index is -0.0263. The standard InChI is InChI=1S/C10H11Br2NO2/c1-3-9(14)13-10-7(11)4-6(15-2)5-8(10)12/h4-5H,3H2,1-2H3,(H,13,14). The van der Waals surface area contributed by atoms with Gasteiger partial charge in [0.05, 0.1) is 12.8 Å². The summed E-state index contributed by atoms with van der Waals surface area (Å²) < 4.78 is 6.66. The highest BCUT2D eigenvalue weighted by Crippen LogP contribution is 2.35.